The molecular weight excluding hydrogens is 348 g/mol. The van der Waals surface area contributed by atoms with Crippen LogP contribution in [0.25, 0.3) is 0 Å². The van der Waals surface area contributed by atoms with Gasteiger partial charge in [0.1, 0.15) is 5.69 Å². The van der Waals surface area contributed by atoms with E-state index in [0.29, 0.717) is 18.7 Å². The Bertz CT molecular complexity index is 775. The highest BCUT2D eigenvalue weighted by atomic mass is 16.5. The Morgan fingerprint density at radius 2 is 2.04 bits per heavy atom. The molecule has 1 fully saturated rings. The number of primary amides is 1. The van der Waals surface area contributed by atoms with E-state index in [-0.39, 0.29) is 35.2 Å². The van der Waals surface area contributed by atoms with Gasteiger partial charge in [-0.15, -0.1) is 0 Å². The molecule has 3 N–H and O–H groups in total. The first-order valence-corrected chi connectivity index (χ1v) is 8.83. The van der Waals surface area contributed by atoms with E-state index in [1.165, 1.54) is 18.3 Å². The van der Waals surface area contributed by atoms with Crippen molar-refractivity contribution < 1.29 is 19.1 Å². The number of ether oxygens (including phenoxy) is 1. The van der Waals surface area contributed by atoms with Gasteiger partial charge in [-0.3, -0.25) is 19.4 Å². The molecule has 2 heterocycles. The van der Waals surface area contributed by atoms with Crippen LogP contribution in [0, 0.1) is 0 Å². The Morgan fingerprint density at radius 1 is 1.33 bits per heavy atom. The van der Waals surface area contributed by atoms with Crippen molar-refractivity contribution in [2.24, 2.45) is 5.73 Å². The van der Waals surface area contributed by atoms with E-state index >= 15 is 0 Å². The van der Waals surface area contributed by atoms with Crippen molar-refractivity contribution >= 4 is 17.7 Å². The highest BCUT2D eigenvalue weighted by Crippen LogP contribution is 2.17. The van der Waals surface area contributed by atoms with E-state index < -0.39 is 5.91 Å². The van der Waals surface area contributed by atoms with Crippen LogP contribution in [0.1, 0.15) is 48.0 Å². The first-order chi connectivity index (χ1) is 12.8. The quantitative estimate of drug-likeness (QED) is 0.718. The molecule has 1 aliphatic rings. The topological polar surface area (TPSA) is 115 Å². The number of carbonyl (C=O) groups is 3. The second-order valence-corrected chi connectivity index (χ2v) is 6.62. The van der Waals surface area contributed by atoms with E-state index in [1.807, 2.05) is 13.8 Å². The Hall–Kier alpha value is -2.74. The van der Waals surface area contributed by atoms with E-state index in [9.17, 15) is 14.4 Å². The first kappa shape index (κ1) is 20.6. The third-order valence-corrected chi connectivity index (χ3v) is 4.95. The van der Waals surface area contributed by atoms with Crippen molar-refractivity contribution in [1.82, 2.24) is 15.2 Å². The first-order valence-electron chi connectivity index (χ1n) is 8.83. The van der Waals surface area contributed by atoms with Crippen LogP contribution in [0.5, 0.6) is 0 Å². The average Bonchev–Trinajstić information content (AvgIpc) is 3.08. The summed E-state index contributed by atoms with van der Waals surface area (Å²) in [6.45, 7) is 6.31. The van der Waals surface area contributed by atoms with Crippen molar-refractivity contribution in [2.75, 3.05) is 20.2 Å². The van der Waals surface area contributed by atoms with Crippen LogP contribution in [-0.2, 0) is 9.53 Å². The maximum Gasteiger partial charge on any atom is 0.272 e. The number of likely N-dealkylation sites (tertiary alicyclic amines) is 1. The van der Waals surface area contributed by atoms with Gasteiger partial charge in [-0.25, -0.2) is 0 Å². The second kappa shape index (κ2) is 8.77. The van der Waals surface area contributed by atoms with Gasteiger partial charge in [0.25, 0.3) is 5.91 Å². The van der Waals surface area contributed by atoms with Crippen molar-refractivity contribution in [3.8, 4) is 0 Å². The van der Waals surface area contributed by atoms with Crippen molar-refractivity contribution in [1.29, 1.82) is 0 Å². The zero-order valence-corrected chi connectivity index (χ0v) is 16.1. The van der Waals surface area contributed by atoms with Gasteiger partial charge in [-0.2, -0.15) is 0 Å². The summed E-state index contributed by atoms with van der Waals surface area (Å²) < 4.78 is 5.45. The SMILES string of the molecule is CC/C(C)=C(\C)C(=O)N[C@@H]1CN(C(=O)c2cc(C(N)=O)ccn2)C[C@@H]1OC. The lowest BCUT2D eigenvalue weighted by Gasteiger charge is -2.19. The molecule has 2 atom stereocenters. The molecule has 146 valence electrons. The van der Waals surface area contributed by atoms with E-state index in [1.54, 1.807) is 18.9 Å². The normalized spacial score (nSPS) is 20.2. The fourth-order valence-electron chi connectivity index (χ4n) is 2.92. The van der Waals surface area contributed by atoms with Crippen LogP contribution in [0.4, 0.5) is 0 Å². The molecule has 0 aromatic carbocycles. The fourth-order valence-corrected chi connectivity index (χ4v) is 2.92. The zero-order chi connectivity index (χ0) is 20.1. The van der Waals surface area contributed by atoms with Crippen LogP contribution in [0.2, 0.25) is 0 Å². The molecule has 27 heavy (non-hydrogen) atoms. The van der Waals surface area contributed by atoms with Gasteiger partial charge in [-0.1, -0.05) is 12.5 Å². The van der Waals surface area contributed by atoms with Gasteiger partial charge in [0.2, 0.25) is 11.8 Å². The molecule has 2 rings (SSSR count). The Kier molecular flexibility index (Phi) is 6.68. The molecular formula is C19H26N4O4. The number of allylic oxidation sites excluding steroid dienone is 1. The molecule has 0 unspecified atom stereocenters. The number of nitrogens with one attached hydrogen (secondary N) is 1. The minimum atomic E-state index is -0.624. The summed E-state index contributed by atoms with van der Waals surface area (Å²) in [7, 11) is 1.55. The Balaban J connectivity index is 2.13. The predicted octanol–water partition coefficient (Wildman–Crippen LogP) is 0.883. The summed E-state index contributed by atoms with van der Waals surface area (Å²) in [6, 6.07) is 2.50. The third-order valence-electron chi connectivity index (χ3n) is 4.95. The van der Waals surface area contributed by atoms with Crippen molar-refractivity contribution in [2.45, 2.75) is 39.3 Å². The fraction of sp³-hybridized carbons (Fsp3) is 0.474. The summed E-state index contributed by atoms with van der Waals surface area (Å²) in [6.07, 6.45) is 1.84. The van der Waals surface area contributed by atoms with Gasteiger partial charge in [-0.05, 0) is 32.4 Å². The van der Waals surface area contributed by atoms with Gasteiger partial charge in [0.15, 0.2) is 0 Å². The third kappa shape index (κ3) is 4.71. The summed E-state index contributed by atoms with van der Waals surface area (Å²) in [5, 5.41) is 2.95. The number of pyridine rings is 1. The highest BCUT2D eigenvalue weighted by molar-refractivity contribution is 5.98. The van der Waals surface area contributed by atoms with E-state index in [4.69, 9.17) is 10.5 Å². The Labute approximate surface area is 158 Å². The molecule has 1 aliphatic heterocycles. The molecule has 3 amide bonds. The van der Waals surface area contributed by atoms with Crippen LogP contribution in [0.15, 0.2) is 29.5 Å². The monoisotopic (exact) mass is 374 g/mol. The van der Waals surface area contributed by atoms with Gasteiger partial charge < -0.3 is 20.7 Å². The lowest BCUT2D eigenvalue weighted by molar-refractivity contribution is -0.118. The lowest BCUT2D eigenvalue weighted by Crippen LogP contribution is -2.44. The van der Waals surface area contributed by atoms with E-state index in [2.05, 4.69) is 10.3 Å². The number of nitrogens with two attached hydrogens (primary N) is 1. The summed E-state index contributed by atoms with van der Waals surface area (Å²) in [4.78, 5) is 42.1. The molecule has 0 bridgehead atoms. The lowest BCUT2D eigenvalue weighted by atomic mass is 10.1. The zero-order valence-electron chi connectivity index (χ0n) is 16.1. The maximum atomic E-state index is 12.7. The van der Waals surface area contributed by atoms with Crippen molar-refractivity contribution in [3.05, 3.63) is 40.7 Å². The number of carbonyl (C=O) groups excluding carboxylic acids is 3. The average molecular weight is 374 g/mol. The summed E-state index contributed by atoms with van der Waals surface area (Å²) >= 11 is 0. The summed E-state index contributed by atoms with van der Waals surface area (Å²) in [5.74, 6) is -1.13. The van der Waals surface area contributed by atoms with Crippen LogP contribution in [-0.4, -0.2) is 60.0 Å². The van der Waals surface area contributed by atoms with Crippen molar-refractivity contribution in [3.63, 3.8) is 0 Å². The molecule has 1 saturated heterocycles. The number of hydrogen-bond acceptors (Lipinski definition) is 5. The van der Waals surface area contributed by atoms with Crippen LogP contribution >= 0.6 is 0 Å². The standard InChI is InChI=1S/C19H26N4O4/c1-5-11(2)12(3)18(25)22-15-9-23(10-16(15)27-4)19(26)14-8-13(17(20)24)6-7-21-14/h6-8,15-16H,5,9-10H2,1-4H3,(H2,20,24)(H,22,25)/b12-11+/t15-,16+/m1/s1. The van der Waals surface area contributed by atoms with Gasteiger partial charge in [0.05, 0.1) is 12.1 Å². The minimum absolute atomic E-state index is 0.131. The molecule has 8 nitrogen and oxygen atoms in total. The number of methoxy groups -OCH3 is 1. The molecule has 1 aromatic rings. The number of rotatable bonds is 6. The number of aromatic nitrogens is 1. The molecule has 0 radical (unpaired) electrons. The maximum absolute atomic E-state index is 12.7. The molecule has 1 aromatic heterocycles. The largest absolute Gasteiger partial charge is 0.377 e. The minimum Gasteiger partial charge on any atom is -0.377 e. The molecule has 0 spiro atoms. The van der Waals surface area contributed by atoms with Crippen LogP contribution < -0.4 is 11.1 Å². The second-order valence-electron chi connectivity index (χ2n) is 6.62. The van der Waals surface area contributed by atoms with Gasteiger partial charge >= 0.3 is 0 Å². The number of amides is 3. The number of hydrogen-bond donors (Lipinski definition) is 2. The Morgan fingerprint density at radius 3 is 2.63 bits per heavy atom. The summed E-state index contributed by atoms with van der Waals surface area (Å²) in [5.41, 5.74) is 7.29. The smallest absolute Gasteiger partial charge is 0.272 e. The molecule has 8 heteroatoms. The van der Waals surface area contributed by atoms with Gasteiger partial charge in [0, 0.05) is 37.5 Å². The molecule has 0 aliphatic carbocycles. The van der Waals surface area contributed by atoms with E-state index in [0.717, 1.165) is 12.0 Å². The highest BCUT2D eigenvalue weighted by Gasteiger charge is 2.37. The molecule has 0 saturated carbocycles. The predicted molar refractivity (Wildman–Crippen MR) is 100 cm³/mol. The van der Waals surface area contributed by atoms with Crippen LogP contribution in [0.3, 0.4) is 0 Å². The number of nitrogens with zero attached hydrogens (tertiary/aromatic N) is 2.